The van der Waals surface area contributed by atoms with E-state index in [9.17, 15) is 0 Å². The first kappa shape index (κ1) is 12.7. The van der Waals surface area contributed by atoms with E-state index in [0.29, 0.717) is 0 Å². The summed E-state index contributed by atoms with van der Waals surface area (Å²) in [6, 6.07) is 19.8. The Morgan fingerprint density at radius 2 is 1.32 bits per heavy atom. The number of halogens is 1. The summed E-state index contributed by atoms with van der Waals surface area (Å²) >= 11 is 3.52. The highest BCUT2D eigenvalue weighted by Gasteiger charge is 2.06. The number of aryl methyl sites for hydroxylation is 1. The first-order valence-corrected chi connectivity index (χ1v) is 7.97. The molecular weight excluding hydrogens is 296 g/mol. The van der Waals surface area contributed by atoms with Gasteiger partial charge in [-0.3, -0.25) is 0 Å². The molecule has 96 valence electrons. The zero-order chi connectivity index (χ0) is 13.1. The second kappa shape index (κ2) is 5.75. The zero-order valence-corrected chi connectivity index (χ0v) is 12.5. The van der Waals surface area contributed by atoms with Crippen LogP contribution in [0.2, 0.25) is 0 Å². The smallest absolute Gasteiger partial charge is 0.00314 e. The number of hydrogen-bond donors (Lipinski definition) is 0. The summed E-state index contributed by atoms with van der Waals surface area (Å²) in [5.74, 6) is 0. The molecule has 0 aliphatic heterocycles. The number of fused-ring (bicyclic) bond motifs is 2. The third kappa shape index (κ3) is 2.52. The van der Waals surface area contributed by atoms with E-state index in [0.717, 1.165) is 11.8 Å². The summed E-state index contributed by atoms with van der Waals surface area (Å²) in [7, 11) is 0. The number of rotatable bonds is 4. The van der Waals surface area contributed by atoms with Gasteiger partial charge in [0.25, 0.3) is 0 Å². The molecule has 0 nitrogen and oxygen atoms in total. The van der Waals surface area contributed by atoms with Crippen molar-refractivity contribution in [3.8, 4) is 0 Å². The van der Waals surface area contributed by atoms with Crippen LogP contribution in [-0.4, -0.2) is 5.33 Å². The SMILES string of the molecule is BrCCCCc1c2ccccc2cc2ccccc12. The Bertz CT molecular complexity index is 646. The molecule has 19 heavy (non-hydrogen) atoms. The van der Waals surface area contributed by atoms with Crippen LogP contribution in [0.3, 0.4) is 0 Å². The van der Waals surface area contributed by atoms with E-state index >= 15 is 0 Å². The van der Waals surface area contributed by atoms with Gasteiger partial charge < -0.3 is 0 Å². The van der Waals surface area contributed by atoms with Crippen molar-refractivity contribution in [1.29, 1.82) is 0 Å². The van der Waals surface area contributed by atoms with Gasteiger partial charge in [-0.2, -0.15) is 0 Å². The van der Waals surface area contributed by atoms with Gasteiger partial charge in [0.1, 0.15) is 0 Å². The van der Waals surface area contributed by atoms with E-state index in [-0.39, 0.29) is 0 Å². The molecule has 0 heterocycles. The predicted molar refractivity (Wildman–Crippen MR) is 88.2 cm³/mol. The van der Waals surface area contributed by atoms with Crippen molar-refractivity contribution in [2.24, 2.45) is 0 Å². The summed E-state index contributed by atoms with van der Waals surface area (Å²) in [4.78, 5) is 0. The monoisotopic (exact) mass is 312 g/mol. The lowest BCUT2D eigenvalue weighted by Gasteiger charge is -2.11. The summed E-state index contributed by atoms with van der Waals surface area (Å²) in [6.45, 7) is 0. The minimum Gasteiger partial charge on any atom is -0.0928 e. The van der Waals surface area contributed by atoms with Crippen LogP contribution in [0.5, 0.6) is 0 Å². The summed E-state index contributed by atoms with van der Waals surface area (Å²) in [5, 5.41) is 6.63. The van der Waals surface area contributed by atoms with Crippen LogP contribution in [0.1, 0.15) is 18.4 Å². The van der Waals surface area contributed by atoms with Gasteiger partial charge in [0, 0.05) is 5.33 Å². The third-order valence-corrected chi connectivity index (χ3v) is 4.25. The third-order valence-electron chi connectivity index (χ3n) is 3.69. The van der Waals surface area contributed by atoms with Crippen LogP contribution in [-0.2, 0) is 6.42 Å². The molecule has 0 aliphatic carbocycles. The zero-order valence-electron chi connectivity index (χ0n) is 10.9. The van der Waals surface area contributed by atoms with Crippen molar-refractivity contribution in [1.82, 2.24) is 0 Å². The molecule has 0 saturated heterocycles. The summed E-state index contributed by atoms with van der Waals surface area (Å²) in [6.07, 6.45) is 3.63. The van der Waals surface area contributed by atoms with E-state index < -0.39 is 0 Å². The molecule has 0 spiro atoms. The molecule has 1 heteroatoms. The number of alkyl halides is 1. The van der Waals surface area contributed by atoms with Crippen molar-refractivity contribution in [2.45, 2.75) is 19.3 Å². The molecule has 3 aromatic rings. The van der Waals surface area contributed by atoms with E-state index in [4.69, 9.17) is 0 Å². The van der Waals surface area contributed by atoms with Crippen molar-refractivity contribution in [2.75, 3.05) is 5.33 Å². The molecule has 0 amide bonds. The van der Waals surface area contributed by atoms with Gasteiger partial charge in [-0.15, -0.1) is 0 Å². The van der Waals surface area contributed by atoms with E-state index in [1.165, 1.54) is 39.9 Å². The largest absolute Gasteiger partial charge is 0.0928 e. The number of unbranched alkanes of at least 4 members (excludes halogenated alkanes) is 1. The molecule has 0 fully saturated rings. The Morgan fingerprint density at radius 1 is 0.737 bits per heavy atom. The molecule has 0 aliphatic rings. The molecule has 0 saturated carbocycles. The first-order chi connectivity index (χ1) is 9.40. The van der Waals surface area contributed by atoms with Gasteiger partial charge in [0.2, 0.25) is 0 Å². The molecule has 0 radical (unpaired) electrons. The fourth-order valence-corrected chi connectivity index (χ4v) is 3.17. The Kier molecular flexibility index (Phi) is 3.84. The van der Waals surface area contributed by atoms with Crippen LogP contribution < -0.4 is 0 Å². The molecule has 3 aromatic carbocycles. The lowest BCUT2D eigenvalue weighted by molar-refractivity contribution is 0.814. The van der Waals surface area contributed by atoms with Crippen molar-refractivity contribution in [3.05, 3.63) is 60.2 Å². The molecular formula is C18H17Br. The fourth-order valence-electron chi connectivity index (χ4n) is 2.77. The maximum Gasteiger partial charge on any atom is 0.00314 e. The van der Waals surface area contributed by atoms with Crippen LogP contribution in [0.4, 0.5) is 0 Å². The second-order valence-electron chi connectivity index (χ2n) is 4.94. The number of benzene rings is 3. The molecule has 0 N–H and O–H groups in total. The summed E-state index contributed by atoms with van der Waals surface area (Å²) in [5.41, 5.74) is 1.51. The van der Waals surface area contributed by atoms with Crippen molar-refractivity contribution >= 4 is 37.5 Å². The fraction of sp³-hybridized carbons (Fsp3) is 0.222. The Labute approximate surface area is 122 Å². The van der Waals surface area contributed by atoms with Gasteiger partial charge in [-0.25, -0.2) is 0 Å². The number of hydrogen-bond acceptors (Lipinski definition) is 0. The van der Waals surface area contributed by atoms with Gasteiger partial charge in [0.15, 0.2) is 0 Å². The lowest BCUT2D eigenvalue weighted by atomic mass is 9.94. The van der Waals surface area contributed by atoms with Crippen LogP contribution in [0.25, 0.3) is 21.5 Å². The molecule has 0 bridgehead atoms. The Morgan fingerprint density at radius 3 is 1.89 bits per heavy atom. The lowest BCUT2D eigenvalue weighted by Crippen LogP contribution is -1.91. The quantitative estimate of drug-likeness (QED) is 0.329. The normalized spacial score (nSPS) is 11.2. The van der Waals surface area contributed by atoms with Gasteiger partial charge in [-0.1, -0.05) is 64.5 Å². The van der Waals surface area contributed by atoms with Crippen molar-refractivity contribution < 1.29 is 0 Å². The van der Waals surface area contributed by atoms with Gasteiger partial charge in [-0.05, 0) is 52.4 Å². The van der Waals surface area contributed by atoms with Crippen LogP contribution in [0.15, 0.2) is 54.6 Å². The molecule has 3 rings (SSSR count). The average Bonchev–Trinajstić information content (AvgIpc) is 2.46. The van der Waals surface area contributed by atoms with Gasteiger partial charge >= 0.3 is 0 Å². The van der Waals surface area contributed by atoms with E-state index in [1.54, 1.807) is 0 Å². The average molecular weight is 313 g/mol. The minimum absolute atomic E-state index is 1.09. The van der Waals surface area contributed by atoms with E-state index in [2.05, 4.69) is 70.5 Å². The van der Waals surface area contributed by atoms with Crippen molar-refractivity contribution in [3.63, 3.8) is 0 Å². The molecule has 0 atom stereocenters. The van der Waals surface area contributed by atoms with E-state index in [1.807, 2.05) is 0 Å². The Balaban J connectivity index is 2.21. The predicted octanol–water partition coefficient (Wildman–Crippen LogP) is 5.71. The highest BCUT2D eigenvalue weighted by molar-refractivity contribution is 9.09. The standard InChI is InChI=1S/C18H17Br/c19-12-6-5-11-18-16-9-3-1-7-14(16)13-15-8-2-4-10-17(15)18/h1-4,7-10,13H,5-6,11-12H2. The molecule has 0 unspecified atom stereocenters. The molecule has 0 aromatic heterocycles. The van der Waals surface area contributed by atoms with Gasteiger partial charge in [0.05, 0.1) is 0 Å². The minimum atomic E-state index is 1.09. The highest BCUT2D eigenvalue weighted by atomic mass is 79.9. The first-order valence-electron chi connectivity index (χ1n) is 6.85. The highest BCUT2D eigenvalue weighted by Crippen LogP contribution is 2.29. The maximum atomic E-state index is 3.52. The topological polar surface area (TPSA) is 0 Å². The maximum absolute atomic E-state index is 3.52. The summed E-state index contributed by atoms with van der Waals surface area (Å²) < 4.78 is 0. The van der Waals surface area contributed by atoms with Crippen LogP contribution >= 0.6 is 15.9 Å². The second-order valence-corrected chi connectivity index (χ2v) is 5.74. The van der Waals surface area contributed by atoms with Crippen LogP contribution in [0, 0.1) is 0 Å². The Hall–Kier alpha value is -1.34.